The predicted octanol–water partition coefficient (Wildman–Crippen LogP) is 2.60. The van der Waals surface area contributed by atoms with E-state index in [2.05, 4.69) is 13.8 Å². The molecule has 0 aromatic carbocycles. The Morgan fingerprint density at radius 2 is 2.08 bits per heavy atom. The first-order valence-corrected chi connectivity index (χ1v) is 5.83. The van der Waals surface area contributed by atoms with Gasteiger partial charge in [-0.3, -0.25) is 0 Å². The van der Waals surface area contributed by atoms with E-state index in [1.165, 1.54) is 25.7 Å². The summed E-state index contributed by atoms with van der Waals surface area (Å²) in [6, 6.07) is 0. The van der Waals surface area contributed by atoms with Crippen LogP contribution in [0.25, 0.3) is 0 Å². The number of hydrogen-bond donors (Lipinski definition) is 0. The van der Waals surface area contributed by atoms with Crippen molar-refractivity contribution in [3.63, 3.8) is 0 Å². The molecule has 0 aromatic rings. The molecule has 0 aromatic heterocycles. The van der Waals surface area contributed by atoms with Gasteiger partial charge in [0.15, 0.2) is 0 Å². The molecule has 2 aliphatic heterocycles. The zero-order chi connectivity index (χ0) is 8.84. The molecule has 2 saturated heterocycles. The van der Waals surface area contributed by atoms with Crippen molar-refractivity contribution in [1.82, 2.24) is 0 Å². The molecule has 1 heteroatoms. The highest BCUT2D eigenvalue weighted by atomic mass is 16.5. The average Bonchev–Trinajstić information content (AvgIpc) is 2.61. The molecule has 4 bridgehead atoms. The van der Waals surface area contributed by atoms with Crippen molar-refractivity contribution in [2.24, 2.45) is 23.2 Å². The molecule has 0 radical (unpaired) electrons. The van der Waals surface area contributed by atoms with E-state index in [0.29, 0.717) is 11.5 Å². The van der Waals surface area contributed by atoms with E-state index in [9.17, 15) is 0 Å². The molecule has 0 spiro atoms. The van der Waals surface area contributed by atoms with Gasteiger partial charge in [-0.15, -0.1) is 0 Å². The molecule has 2 aliphatic carbocycles. The monoisotopic (exact) mass is 178 g/mol. The number of fused-ring (bicyclic) bond motifs is 4. The standard InChI is InChI=1S/C12H18O/c1-11-4-3-10-8-5-7(11)6-9(8)12(11,2)13-10/h7-10H,3-6H2,1-2H3/t7-,8+,9-,10-,11-,12+/m1/s1. The normalized spacial score (nSPS) is 72.5. The Bertz CT molecular complexity index is 283. The van der Waals surface area contributed by atoms with Crippen molar-refractivity contribution >= 4 is 0 Å². The van der Waals surface area contributed by atoms with Gasteiger partial charge in [-0.25, -0.2) is 0 Å². The summed E-state index contributed by atoms with van der Waals surface area (Å²) >= 11 is 0. The molecular weight excluding hydrogens is 160 g/mol. The summed E-state index contributed by atoms with van der Waals surface area (Å²) in [5, 5.41) is 0. The van der Waals surface area contributed by atoms with Crippen molar-refractivity contribution in [2.75, 3.05) is 0 Å². The number of rotatable bonds is 0. The van der Waals surface area contributed by atoms with Gasteiger partial charge in [0.2, 0.25) is 0 Å². The van der Waals surface area contributed by atoms with Crippen LogP contribution < -0.4 is 0 Å². The second-order valence-electron chi connectivity index (χ2n) is 6.16. The molecule has 0 N–H and O–H groups in total. The van der Waals surface area contributed by atoms with Gasteiger partial charge in [-0.1, -0.05) is 6.92 Å². The maximum atomic E-state index is 6.33. The summed E-state index contributed by atoms with van der Waals surface area (Å²) in [7, 11) is 0. The lowest BCUT2D eigenvalue weighted by atomic mass is 9.63. The third kappa shape index (κ3) is 0.516. The van der Waals surface area contributed by atoms with Crippen molar-refractivity contribution in [2.45, 2.75) is 51.2 Å². The maximum absolute atomic E-state index is 6.33. The lowest BCUT2D eigenvalue weighted by Gasteiger charge is -2.47. The Hall–Kier alpha value is -0.0400. The van der Waals surface area contributed by atoms with Crippen LogP contribution in [0.15, 0.2) is 0 Å². The Kier molecular flexibility index (Phi) is 0.959. The van der Waals surface area contributed by atoms with Crippen molar-refractivity contribution in [3.05, 3.63) is 0 Å². The Morgan fingerprint density at radius 3 is 2.92 bits per heavy atom. The van der Waals surface area contributed by atoms with Gasteiger partial charge in [0, 0.05) is 0 Å². The van der Waals surface area contributed by atoms with E-state index in [4.69, 9.17) is 4.74 Å². The van der Waals surface area contributed by atoms with E-state index in [0.717, 1.165) is 17.8 Å². The summed E-state index contributed by atoms with van der Waals surface area (Å²) < 4.78 is 6.33. The molecule has 1 nitrogen and oxygen atoms in total. The van der Waals surface area contributed by atoms with Gasteiger partial charge in [0.05, 0.1) is 11.7 Å². The minimum atomic E-state index is 0.281. The highest BCUT2D eigenvalue weighted by molar-refractivity contribution is 5.22. The van der Waals surface area contributed by atoms with Crippen LogP contribution in [-0.4, -0.2) is 11.7 Å². The van der Waals surface area contributed by atoms with Crippen LogP contribution in [-0.2, 0) is 4.74 Å². The predicted molar refractivity (Wildman–Crippen MR) is 50.3 cm³/mol. The quantitative estimate of drug-likeness (QED) is 0.554. The minimum Gasteiger partial charge on any atom is -0.371 e. The largest absolute Gasteiger partial charge is 0.371 e. The molecule has 0 unspecified atom stereocenters. The lowest BCUT2D eigenvalue weighted by molar-refractivity contribution is -0.149. The van der Waals surface area contributed by atoms with E-state index < -0.39 is 0 Å². The Morgan fingerprint density at radius 1 is 1.23 bits per heavy atom. The van der Waals surface area contributed by atoms with Gasteiger partial charge in [-0.05, 0) is 55.8 Å². The summed E-state index contributed by atoms with van der Waals surface area (Å²) in [5.41, 5.74) is 0.824. The molecule has 72 valence electrons. The van der Waals surface area contributed by atoms with E-state index in [1.807, 2.05) is 0 Å². The highest BCUT2D eigenvalue weighted by Gasteiger charge is 2.74. The van der Waals surface area contributed by atoms with Crippen LogP contribution in [0.2, 0.25) is 0 Å². The maximum Gasteiger partial charge on any atom is 0.0746 e. The van der Waals surface area contributed by atoms with Gasteiger partial charge in [0.25, 0.3) is 0 Å². The van der Waals surface area contributed by atoms with Crippen LogP contribution in [0.4, 0.5) is 0 Å². The Balaban J connectivity index is 1.98. The molecule has 4 rings (SSSR count). The van der Waals surface area contributed by atoms with E-state index in [-0.39, 0.29) is 5.60 Å². The average molecular weight is 178 g/mol. The van der Waals surface area contributed by atoms with Crippen LogP contribution in [0, 0.1) is 23.2 Å². The molecule has 0 amide bonds. The van der Waals surface area contributed by atoms with Crippen LogP contribution in [0.5, 0.6) is 0 Å². The van der Waals surface area contributed by atoms with Crippen molar-refractivity contribution in [3.8, 4) is 0 Å². The summed E-state index contributed by atoms with van der Waals surface area (Å²) in [5.74, 6) is 2.88. The first-order chi connectivity index (χ1) is 6.15. The second kappa shape index (κ2) is 1.71. The van der Waals surface area contributed by atoms with Crippen LogP contribution in [0.1, 0.15) is 39.5 Å². The van der Waals surface area contributed by atoms with Crippen LogP contribution >= 0.6 is 0 Å². The highest BCUT2D eigenvalue weighted by Crippen LogP contribution is 2.74. The Labute approximate surface area is 79.8 Å². The topological polar surface area (TPSA) is 9.23 Å². The molecule has 13 heavy (non-hydrogen) atoms. The smallest absolute Gasteiger partial charge is 0.0746 e. The molecule has 4 fully saturated rings. The first kappa shape index (κ1) is 7.28. The third-order valence-corrected chi connectivity index (χ3v) is 6.18. The third-order valence-electron chi connectivity index (χ3n) is 6.18. The summed E-state index contributed by atoms with van der Waals surface area (Å²) in [6.07, 6.45) is 6.40. The zero-order valence-corrected chi connectivity index (χ0v) is 8.55. The van der Waals surface area contributed by atoms with Gasteiger partial charge in [0.1, 0.15) is 0 Å². The zero-order valence-electron chi connectivity index (χ0n) is 8.55. The molecule has 4 aliphatic rings. The molecule has 2 saturated carbocycles. The molecular formula is C12H18O. The summed E-state index contributed by atoms with van der Waals surface area (Å²) in [6.45, 7) is 4.90. The molecule has 2 heterocycles. The fraction of sp³-hybridized carbons (Fsp3) is 1.00. The minimum absolute atomic E-state index is 0.281. The summed E-state index contributed by atoms with van der Waals surface area (Å²) in [4.78, 5) is 0. The van der Waals surface area contributed by atoms with Crippen molar-refractivity contribution < 1.29 is 4.74 Å². The lowest BCUT2D eigenvalue weighted by Crippen LogP contribution is -2.49. The van der Waals surface area contributed by atoms with E-state index >= 15 is 0 Å². The second-order valence-corrected chi connectivity index (χ2v) is 6.16. The van der Waals surface area contributed by atoms with Gasteiger partial charge in [-0.2, -0.15) is 0 Å². The SMILES string of the molecule is C[C@@]12O[C@@H]3CC[C@]1(C)[C@@H]1C[C@H]3[C@H]2C1. The van der Waals surface area contributed by atoms with E-state index in [1.54, 1.807) is 0 Å². The number of ether oxygens (including phenoxy) is 1. The fourth-order valence-electron chi connectivity index (χ4n) is 5.25. The fourth-order valence-corrected chi connectivity index (χ4v) is 5.25. The van der Waals surface area contributed by atoms with Crippen molar-refractivity contribution in [1.29, 1.82) is 0 Å². The van der Waals surface area contributed by atoms with Gasteiger partial charge >= 0.3 is 0 Å². The molecule has 6 atom stereocenters. The number of hydrogen-bond acceptors (Lipinski definition) is 1. The first-order valence-electron chi connectivity index (χ1n) is 5.83. The van der Waals surface area contributed by atoms with Crippen LogP contribution in [0.3, 0.4) is 0 Å². The van der Waals surface area contributed by atoms with Gasteiger partial charge < -0.3 is 4.74 Å².